The number of H-pyrrole nitrogens is 1. The molecule has 1 aliphatic heterocycles. The van der Waals surface area contributed by atoms with Crippen LogP contribution in [-0.4, -0.2) is 48.9 Å². The Bertz CT molecular complexity index is 1150. The lowest BCUT2D eigenvalue weighted by Crippen LogP contribution is -2.38. The number of amides is 1. The highest BCUT2D eigenvalue weighted by molar-refractivity contribution is 6.31. The predicted molar refractivity (Wildman–Crippen MR) is 114 cm³/mol. The van der Waals surface area contributed by atoms with Crippen molar-refractivity contribution in [3.63, 3.8) is 0 Å². The number of carbonyl (C=O) groups excluding carboxylic acids is 1. The number of rotatable bonds is 5. The predicted octanol–water partition coefficient (Wildman–Crippen LogP) is 3.11. The number of halogens is 2. The van der Waals surface area contributed by atoms with Gasteiger partial charge in [-0.15, -0.1) is 5.10 Å². The van der Waals surface area contributed by atoms with E-state index in [0.717, 1.165) is 0 Å². The maximum absolute atomic E-state index is 14.2. The number of nitrogens with one attached hydrogen (secondary N) is 1. The van der Waals surface area contributed by atoms with Crippen LogP contribution in [0.5, 0.6) is 0 Å². The molecule has 0 unspecified atom stereocenters. The summed E-state index contributed by atoms with van der Waals surface area (Å²) in [5, 5.41) is 8.17. The van der Waals surface area contributed by atoms with E-state index in [-0.39, 0.29) is 45.7 Å². The smallest absolute Gasteiger partial charge is 0.281 e. The quantitative estimate of drug-likeness (QED) is 0.649. The van der Waals surface area contributed by atoms with Crippen LogP contribution in [0, 0.1) is 11.7 Å². The van der Waals surface area contributed by atoms with E-state index >= 15 is 0 Å². The second kappa shape index (κ2) is 8.74. The van der Waals surface area contributed by atoms with Gasteiger partial charge in [0.1, 0.15) is 11.6 Å². The van der Waals surface area contributed by atoms with Crippen molar-refractivity contribution in [1.29, 1.82) is 0 Å². The van der Waals surface area contributed by atoms with Gasteiger partial charge in [0.2, 0.25) is 5.91 Å². The number of hydrogen-bond acceptors (Lipinski definition) is 5. The maximum atomic E-state index is 14.2. The molecule has 0 bridgehead atoms. The number of benzene rings is 1. The van der Waals surface area contributed by atoms with Crippen LogP contribution in [0.1, 0.15) is 50.4 Å². The summed E-state index contributed by atoms with van der Waals surface area (Å²) in [6.07, 6.45) is 1.95. The van der Waals surface area contributed by atoms with Crippen molar-refractivity contribution < 1.29 is 9.18 Å². The minimum absolute atomic E-state index is 0.0139. The molecule has 0 saturated carbocycles. The number of carbonyl (C=O) groups is 1. The standard InChI is InChI=1S/C21H24ClFN6O2/c1-12(2)10-17(30)28-8-6-13(7-9-28)19-24-20-18(21(31)25-19)26-27-29(20)11-14-15(22)4-3-5-16(14)23/h3-5,12-13H,6-11H2,1-2H3,(H,24,25,31). The first-order chi connectivity index (χ1) is 14.8. The molecule has 3 heterocycles. The Labute approximate surface area is 183 Å². The number of nitrogens with zero attached hydrogens (tertiary/aromatic N) is 5. The molecule has 0 radical (unpaired) electrons. The molecule has 3 aromatic rings. The number of hydrogen-bond donors (Lipinski definition) is 1. The van der Waals surface area contributed by atoms with Gasteiger partial charge >= 0.3 is 0 Å². The van der Waals surface area contributed by atoms with E-state index in [1.54, 1.807) is 6.07 Å². The first-order valence-electron chi connectivity index (χ1n) is 10.4. The second-order valence-corrected chi connectivity index (χ2v) is 8.73. The summed E-state index contributed by atoms with van der Waals surface area (Å²) in [6.45, 7) is 5.32. The lowest BCUT2D eigenvalue weighted by molar-refractivity contribution is -0.133. The molecule has 2 aromatic heterocycles. The molecular weight excluding hydrogens is 423 g/mol. The van der Waals surface area contributed by atoms with Gasteiger partial charge in [-0.05, 0) is 30.9 Å². The third kappa shape index (κ3) is 4.46. The highest BCUT2D eigenvalue weighted by Gasteiger charge is 2.26. The monoisotopic (exact) mass is 446 g/mol. The zero-order chi connectivity index (χ0) is 22.1. The molecule has 1 fully saturated rings. The van der Waals surface area contributed by atoms with Crippen molar-refractivity contribution in [2.24, 2.45) is 5.92 Å². The first-order valence-corrected chi connectivity index (χ1v) is 10.8. The molecule has 0 atom stereocenters. The van der Waals surface area contributed by atoms with Crippen LogP contribution in [0.15, 0.2) is 23.0 Å². The molecule has 1 aliphatic rings. The van der Waals surface area contributed by atoms with Crippen molar-refractivity contribution in [3.05, 3.63) is 50.8 Å². The molecule has 4 rings (SSSR count). The normalized spacial score (nSPS) is 15.2. The summed E-state index contributed by atoms with van der Waals surface area (Å²) in [4.78, 5) is 34.2. The van der Waals surface area contributed by atoms with E-state index in [1.165, 1.54) is 16.8 Å². The minimum Gasteiger partial charge on any atom is -0.343 e. The third-order valence-electron chi connectivity index (χ3n) is 5.58. The Morgan fingerprint density at radius 1 is 1.32 bits per heavy atom. The maximum Gasteiger partial charge on any atom is 0.281 e. The van der Waals surface area contributed by atoms with Crippen LogP contribution in [0.2, 0.25) is 5.02 Å². The Balaban J connectivity index is 1.57. The van der Waals surface area contributed by atoms with Crippen molar-refractivity contribution in [2.75, 3.05) is 13.1 Å². The van der Waals surface area contributed by atoms with E-state index in [9.17, 15) is 14.0 Å². The van der Waals surface area contributed by atoms with Gasteiger partial charge in [0.15, 0.2) is 11.2 Å². The summed E-state index contributed by atoms with van der Waals surface area (Å²) in [5.74, 6) is 0.577. The van der Waals surface area contributed by atoms with Gasteiger partial charge in [0.25, 0.3) is 5.56 Å². The number of aromatic amines is 1. The molecule has 1 aromatic carbocycles. The van der Waals surface area contributed by atoms with E-state index in [4.69, 9.17) is 11.6 Å². The Morgan fingerprint density at radius 3 is 2.74 bits per heavy atom. The van der Waals surface area contributed by atoms with Gasteiger partial charge in [-0.25, -0.2) is 14.1 Å². The fourth-order valence-electron chi connectivity index (χ4n) is 3.90. The van der Waals surface area contributed by atoms with Crippen LogP contribution in [-0.2, 0) is 11.3 Å². The lowest BCUT2D eigenvalue weighted by Gasteiger charge is -2.32. The molecule has 164 valence electrons. The van der Waals surface area contributed by atoms with Gasteiger partial charge < -0.3 is 9.88 Å². The highest BCUT2D eigenvalue weighted by atomic mass is 35.5. The van der Waals surface area contributed by atoms with Gasteiger partial charge in [-0.1, -0.05) is 36.7 Å². The van der Waals surface area contributed by atoms with E-state index in [0.29, 0.717) is 44.1 Å². The SMILES string of the molecule is CC(C)CC(=O)N1CCC(c2nc3c(nnn3Cc3c(F)cccc3Cl)c(=O)[nH]2)CC1. The van der Waals surface area contributed by atoms with E-state index in [2.05, 4.69) is 20.3 Å². The summed E-state index contributed by atoms with van der Waals surface area (Å²) < 4.78 is 15.6. The number of likely N-dealkylation sites (tertiary alicyclic amines) is 1. The second-order valence-electron chi connectivity index (χ2n) is 8.32. The van der Waals surface area contributed by atoms with Crippen LogP contribution in [0.4, 0.5) is 4.39 Å². The zero-order valence-corrected chi connectivity index (χ0v) is 18.2. The minimum atomic E-state index is -0.459. The summed E-state index contributed by atoms with van der Waals surface area (Å²) in [7, 11) is 0. The van der Waals surface area contributed by atoms with Crippen LogP contribution in [0.3, 0.4) is 0 Å². The molecule has 10 heteroatoms. The summed E-state index contributed by atoms with van der Waals surface area (Å²) in [6, 6.07) is 4.44. The van der Waals surface area contributed by atoms with E-state index < -0.39 is 5.82 Å². The molecule has 0 spiro atoms. The molecule has 8 nitrogen and oxygen atoms in total. The molecule has 0 aliphatic carbocycles. The van der Waals surface area contributed by atoms with Gasteiger partial charge in [0.05, 0.1) is 6.54 Å². The Morgan fingerprint density at radius 2 is 2.06 bits per heavy atom. The summed E-state index contributed by atoms with van der Waals surface area (Å²) >= 11 is 6.13. The molecule has 1 amide bonds. The van der Waals surface area contributed by atoms with Crippen molar-refractivity contribution in [2.45, 2.75) is 45.6 Å². The third-order valence-corrected chi connectivity index (χ3v) is 5.93. The van der Waals surface area contributed by atoms with Crippen LogP contribution in [0.25, 0.3) is 11.2 Å². The topological polar surface area (TPSA) is 96.8 Å². The fraction of sp³-hybridized carbons (Fsp3) is 0.476. The Kier molecular flexibility index (Phi) is 6.04. The van der Waals surface area contributed by atoms with E-state index in [1.807, 2.05) is 18.7 Å². The largest absolute Gasteiger partial charge is 0.343 e. The number of fused-ring (bicyclic) bond motifs is 1. The zero-order valence-electron chi connectivity index (χ0n) is 17.4. The summed E-state index contributed by atoms with van der Waals surface area (Å²) in [5.41, 5.74) is 0.262. The van der Waals surface area contributed by atoms with Crippen molar-refractivity contribution in [1.82, 2.24) is 29.9 Å². The highest BCUT2D eigenvalue weighted by Crippen LogP contribution is 2.27. The van der Waals surface area contributed by atoms with Crippen LogP contribution < -0.4 is 5.56 Å². The first kappa shape index (κ1) is 21.4. The number of aromatic nitrogens is 5. The van der Waals surface area contributed by atoms with Gasteiger partial charge in [-0.3, -0.25) is 9.59 Å². The molecule has 1 saturated heterocycles. The van der Waals surface area contributed by atoms with Crippen molar-refractivity contribution >= 4 is 28.7 Å². The van der Waals surface area contributed by atoms with Gasteiger partial charge in [-0.2, -0.15) is 0 Å². The molecular formula is C21H24ClFN6O2. The average molecular weight is 447 g/mol. The lowest BCUT2D eigenvalue weighted by atomic mass is 9.95. The number of piperidine rings is 1. The molecule has 31 heavy (non-hydrogen) atoms. The van der Waals surface area contributed by atoms with Gasteiger partial charge in [0, 0.05) is 36.0 Å². The fourth-order valence-corrected chi connectivity index (χ4v) is 4.12. The molecule has 1 N–H and O–H groups in total. The Hall–Kier alpha value is -2.81. The van der Waals surface area contributed by atoms with Crippen molar-refractivity contribution in [3.8, 4) is 0 Å². The van der Waals surface area contributed by atoms with Crippen LogP contribution >= 0.6 is 11.6 Å². The average Bonchev–Trinajstić information content (AvgIpc) is 3.14.